The third kappa shape index (κ3) is 2.93. The van der Waals surface area contributed by atoms with Crippen LogP contribution in [0.25, 0.3) is 10.2 Å². The highest BCUT2D eigenvalue weighted by atomic mass is 32.2. The molecule has 1 aromatic heterocycles. The third-order valence-electron chi connectivity index (χ3n) is 4.03. The highest BCUT2D eigenvalue weighted by Crippen LogP contribution is 2.35. The molecule has 0 amide bonds. The molecule has 1 aliphatic rings. The maximum atomic E-state index is 12.6. The summed E-state index contributed by atoms with van der Waals surface area (Å²) in [6.45, 7) is 0.995. The molecule has 4 rings (SSSR count). The van der Waals surface area contributed by atoms with Crippen LogP contribution in [0.1, 0.15) is 0 Å². The van der Waals surface area contributed by atoms with Crippen LogP contribution < -0.4 is 19.0 Å². The fourth-order valence-electron chi connectivity index (χ4n) is 2.66. The monoisotopic (exact) mass is 392 g/mol. The van der Waals surface area contributed by atoms with Gasteiger partial charge in [0.2, 0.25) is 4.80 Å². The van der Waals surface area contributed by atoms with E-state index in [0.29, 0.717) is 35.3 Å². The molecule has 1 aliphatic heterocycles. The van der Waals surface area contributed by atoms with Gasteiger partial charge in [-0.05, 0) is 24.3 Å². The number of rotatable bonds is 3. The summed E-state index contributed by atoms with van der Waals surface area (Å²) in [4.78, 5) is 0.486. The van der Waals surface area contributed by atoms with Gasteiger partial charge in [-0.25, -0.2) is 0 Å². The molecule has 0 saturated carbocycles. The normalized spacial score (nSPS) is 14.6. The van der Waals surface area contributed by atoms with Crippen molar-refractivity contribution in [2.45, 2.75) is 4.90 Å². The van der Waals surface area contributed by atoms with Gasteiger partial charge in [0.15, 0.2) is 11.5 Å². The number of nitrogens with zero attached hydrogens (tertiary/aromatic N) is 2. The molecule has 0 spiro atoms. The lowest BCUT2D eigenvalue weighted by Crippen LogP contribution is -2.15. The third-order valence-corrected chi connectivity index (χ3v) is 6.52. The van der Waals surface area contributed by atoms with Gasteiger partial charge < -0.3 is 18.8 Å². The van der Waals surface area contributed by atoms with E-state index in [0.717, 1.165) is 10.2 Å². The van der Waals surface area contributed by atoms with E-state index in [2.05, 4.69) is 4.40 Å². The first-order valence-corrected chi connectivity index (χ1v) is 10.1. The van der Waals surface area contributed by atoms with Crippen molar-refractivity contribution in [2.75, 3.05) is 20.3 Å². The van der Waals surface area contributed by atoms with Crippen LogP contribution in [-0.4, -0.2) is 33.3 Å². The summed E-state index contributed by atoms with van der Waals surface area (Å²) in [6.07, 6.45) is 0. The van der Waals surface area contributed by atoms with E-state index >= 15 is 0 Å². The maximum absolute atomic E-state index is 12.6. The number of hydrogen-bond donors (Lipinski definition) is 0. The molecule has 0 N–H and O–H groups in total. The van der Waals surface area contributed by atoms with Gasteiger partial charge in [-0.2, -0.15) is 8.42 Å². The SMILES string of the molecule is COc1ccc(S(=O)(=O)N=c2sc3cc4c(cc3n2C)OCCO4)cc1. The summed E-state index contributed by atoms with van der Waals surface area (Å²) in [6, 6.07) is 9.84. The van der Waals surface area contributed by atoms with Gasteiger partial charge >= 0.3 is 0 Å². The van der Waals surface area contributed by atoms with Gasteiger partial charge in [0.05, 0.1) is 22.2 Å². The van der Waals surface area contributed by atoms with Crippen LogP contribution in [0.3, 0.4) is 0 Å². The fraction of sp³-hybridized carbons (Fsp3) is 0.235. The largest absolute Gasteiger partial charge is 0.497 e. The number of fused-ring (bicyclic) bond motifs is 2. The number of hydrogen-bond acceptors (Lipinski definition) is 6. The number of aryl methyl sites for hydroxylation is 1. The van der Waals surface area contributed by atoms with E-state index in [-0.39, 0.29) is 4.90 Å². The van der Waals surface area contributed by atoms with Gasteiger partial charge in [-0.1, -0.05) is 11.3 Å². The number of ether oxygens (including phenoxy) is 3. The Bertz CT molecular complexity index is 1140. The van der Waals surface area contributed by atoms with Crippen LogP contribution in [0.2, 0.25) is 0 Å². The molecule has 136 valence electrons. The average Bonchev–Trinajstić information content (AvgIpc) is 2.94. The Labute approximate surface area is 154 Å². The van der Waals surface area contributed by atoms with Crippen LogP contribution in [0, 0.1) is 0 Å². The van der Waals surface area contributed by atoms with Crippen molar-refractivity contribution >= 4 is 31.6 Å². The Morgan fingerprint density at radius 1 is 1.12 bits per heavy atom. The van der Waals surface area contributed by atoms with Crippen LogP contribution in [0.5, 0.6) is 17.2 Å². The van der Waals surface area contributed by atoms with Crippen LogP contribution in [-0.2, 0) is 17.1 Å². The summed E-state index contributed by atoms with van der Waals surface area (Å²) in [5.74, 6) is 1.90. The Kier molecular flexibility index (Phi) is 4.12. The Morgan fingerprint density at radius 3 is 2.42 bits per heavy atom. The highest BCUT2D eigenvalue weighted by molar-refractivity contribution is 7.90. The Balaban J connectivity index is 1.83. The first kappa shape index (κ1) is 16.9. The summed E-state index contributed by atoms with van der Waals surface area (Å²) in [5.41, 5.74) is 0.836. The number of benzene rings is 2. The maximum Gasteiger partial charge on any atom is 0.285 e. The lowest BCUT2D eigenvalue weighted by Gasteiger charge is -2.18. The topological polar surface area (TPSA) is 79.1 Å². The van der Waals surface area contributed by atoms with Crippen molar-refractivity contribution in [1.82, 2.24) is 4.57 Å². The number of methoxy groups -OCH3 is 1. The molecule has 0 fully saturated rings. The van der Waals surface area contributed by atoms with Crippen molar-refractivity contribution in [2.24, 2.45) is 11.4 Å². The van der Waals surface area contributed by atoms with Crippen LogP contribution in [0.4, 0.5) is 0 Å². The minimum absolute atomic E-state index is 0.113. The predicted octanol–water partition coefficient (Wildman–Crippen LogP) is 2.31. The zero-order chi connectivity index (χ0) is 18.3. The summed E-state index contributed by atoms with van der Waals surface area (Å²) in [7, 11) is -0.530. The van der Waals surface area contributed by atoms with Gasteiger partial charge in [0.25, 0.3) is 10.0 Å². The molecule has 0 saturated heterocycles. The molecule has 2 aromatic carbocycles. The number of thiazole rings is 1. The summed E-state index contributed by atoms with van der Waals surface area (Å²) < 4.78 is 48.1. The standard InChI is InChI=1S/C17H16N2O5S2/c1-19-13-9-14-15(24-8-7-23-14)10-16(13)25-17(19)18-26(20,21)12-5-3-11(22-2)4-6-12/h3-6,9-10H,7-8H2,1-2H3. The molecule has 0 radical (unpaired) electrons. The molecule has 3 aromatic rings. The molecule has 0 aliphatic carbocycles. The smallest absolute Gasteiger partial charge is 0.285 e. The van der Waals surface area contributed by atoms with Crippen molar-refractivity contribution in [3.05, 3.63) is 41.2 Å². The van der Waals surface area contributed by atoms with E-state index in [1.807, 2.05) is 12.1 Å². The molecular weight excluding hydrogens is 376 g/mol. The predicted molar refractivity (Wildman–Crippen MR) is 97.5 cm³/mol. The van der Waals surface area contributed by atoms with Crippen LogP contribution >= 0.6 is 11.3 Å². The Hall–Kier alpha value is -2.52. The average molecular weight is 392 g/mol. The summed E-state index contributed by atoms with van der Waals surface area (Å²) >= 11 is 1.28. The van der Waals surface area contributed by atoms with Gasteiger partial charge in [0.1, 0.15) is 19.0 Å². The van der Waals surface area contributed by atoms with E-state index in [1.54, 1.807) is 23.7 Å². The second kappa shape index (κ2) is 6.33. The second-order valence-electron chi connectivity index (χ2n) is 5.65. The molecule has 26 heavy (non-hydrogen) atoms. The van der Waals surface area contributed by atoms with Gasteiger partial charge in [-0.3, -0.25) is 0 Å². The molecule has 0 bridgehead atoms. The molecule has 9 heteroatoms. The minimum atomic E-state index is -3.83. The van der Waals surface area contributed by atoms with Crippen molar-refractivity contribution < 1.29 is 22.6 Å². The van der Waals surface area contributed by atoms with Crippen LogP contribution in [0.15, 0.2) is 45.7 Å². The van der Waals surface area contributed by atoms with Crippen molar-refractivity contribution in [3.8, 4) is 17.2 Å². The van der Waals surface area contributed by atoms with Crippen molar-refractivity contribution in [3.63, 3.8) is 0 Å². The van der Waals surface area contributed by atoms with E-state index in [9.17, 15) is 8.42 Å². The number of aromatic nitrogens is 1. The van der Waals surface area contributed by atoms with E-state index < -0.39 is 10.0 Å². The quantitative estimate of drug-likeness (QED) is 0.683. The molecule has 7 nitrogen and oxygen atoms in total. The lowest BCUT2D eigenvalue weighted by molar-refractivity contribution is 0.172. The molecule has 0 unspecified atom stereocenters. The van der Waals surface area contributed by atoms with E-state index in [1.165, 1.54) is 30.6 Å². The first-order valence-electron chi connectivity index (χ1n) is 7.82. The first-order chi connectivity index (χ1) is 12.5. The Morgan fingerprint density at radius 2 is 1.77 bits per heavy atom. The zero-order valence-corrected chi connectivity index (χ0v) is 15.8. The fourth-order valence-corrected chi connectivity index (χ4v) is 4.91. The number of sulfonamides is 1. The summed E-state index contributed by atoms with van der Waals surface area (Å²) in [5, 5.41) is 0. The highest BCUT2D eigenvalue weighted by Gasteiger charge is 2.17. The minimum Gasteiger partial charge on any atom is -0.497 e. The molecule has 0 atom stereocenters. The van der Waals surface area contributed by atoms with Crippen molar-refractivity contribution in [1.29, 1.82) is 0 Å². The van der Waals surface area contributed by atoms with Gasteiger partial charge in [0, 0.05) is 19.2 Å². The van der Waals surface area contributed by atoms with Gasteiger partial charge in [-0.15, -0.1) is 4.40 Å². The lowest BCUT2D eigenvalue weighted by atomic mass is 10.3. The molecule has 2 heterocycles. The van der Waals surface area contributed by atoms with E-state index in [4.69, 9.17) is 14.2 Å². The zero-order valence-electron chi connectivity index (χ0n) is 14.1. The second-order valence-corrected chi connectivity index (χ2v) is 8.26. The molecular formula is C17H16N2O5S2.